The highest BCUT2D eigenvalue weighted by molar-refractivity contribution is 6.04. The largest absolute Gasteiger partial charge is 0.369 e. The number of carbonyl (C=O) groups excluding carboxylic acids is 2. The molecule has 2 amide bonds. The van der Waals surface area contributed by atoms with Crippen LogP contribution < -0.4 is 10.6 Å². The predicted molar refractivity (Wildman–Crippen MR) is 167 cm³/mol. The maximum atomic E-state index is 13.2. The fraction of sp³-hybridized carbons (Fsp3) is 0.324. The van der Waals surface area contributed by atoms with Gasteiger partial charge in [-0.15, -0.1) is 0 Å². The Morgan fingerprint density at radius 2 is 1.64 bits per heavy atom. The van der Waals surface area contributed by atoms with Gasteiger partial charge in [0.05, 0.1) is 5.69 Å². The summed E-state index contributed by atoms with van der Waals surface area (Å²) >= 11 is 0. The number of aryl methyl sites for hydroxylation is 1. The molecule has 0 atom stereocenters. The lowest BCUT2D eigenvalue weighted by atomic mass is 9.83. The Bertz CT molecular complexity index is 1600. The minimum absolute atomic E-state index is 0.108. The van der Waals surface area contributed by atoms with Crippen LogP contribution in [0, 0.1) is 6.92 Å². The summed E-state index contributed by atoms with van der Waals surface area (Å²) in [6.45, 7) is 11.9. The van der Waals surface area contributed by atoms with Gasteiger partial charge in [-0.2, -0.15) is 0 Å². The maximum absolute atomic E-state index is 13.2. The van der Waals surface area contributed by atoms with E-state index >= 15 is 0 Å². The van der Waals surface area contributed by atoms with Crippen LogP contribution in [0.4, 0.5) is 11.5 Å². The number of benzene rings is 2. The minimum atomic E-state index is -0.992. The summed E-state index contributed by atoms with van der Waals surface area (Å²) in [7, 11) is 1.49. The molecule has 8 nitrogen and oxygen atoms in total. The SMILES string of the molecule is CCCC(C)(C)c1cc(C(=O)Nc2ccc(C)c(-c3cccc(-c4cc(NC(=O)C(C)(C)OC)ncn4)c3)c2)ccn1. The summed E-state index contributed by atoms with van der Waals surface area (Å²) in [5.74, 6) is -0.0916. The molecule has 0 radical (unpaired) electrons. The zero-order valence-electron chi connectivity index (χ0n) is 25.4. The first-order valence-electron chi connectivity index (χ1n) is 14.1. The van der Waals surface area contributed by atoms with Crippen molar-refractivity contribution >= 4 is 23.3 Å². The summed E-state index contributed by atoms with van der Waals surface area (Å²) in [5, 5.41) is 5.85. The van der Waals surface area contributed by atoms with E-state index in [0.29, 0.717) is 22.8 Å². The second kappa shape index (κ2) is 12.6. The minimum Gasteiger partial charge on any atom is -0.369 e. The number of aromatic nitrogens is 3. The van der Waals surface area contributed by atoms with Gasteiger partial charge in [0.2, 0.25) is 0 Å². The molecule has 2 aromatic carbocycles. The number of methoxy groups -OCH3 is 1. The van der Waals surface area contributed by atoms with Crippen molar-refractivity contribution in [2.75, 3.05) is 17.7 Å². The number of anilines is 2. The average molecular weight is 566 g/mol. The van der Waals surface area contributed by atoms with Crippen molar-refractivity contribution in [1.29, 1.82) is 0 Å². The highest BCUT2D eigenvalue weighted by Gasteiger charge is 2.27. The molecule has 8 heteroatoms. The van der Waals surface area contributed by atoms with Crippen molar-refractivity contribution in [2.45, 2.75) is 65.4 Å². The average Bonchev–Trinajstić information content (AvgIpc) is 2.98. The first kappa shape index (κ1) is 30.5. The normalized spacial score (nSPS) is 11.7. The molecule has 42 heavy (non-hydrogen) atoms. The molecule has 0 fully saturated rings. The first-order valence-corrected chi connectivity index (χ1v) is 14.1. The van der Waals surface area contributed by atoms with Crippen molar-refractivity contribution in [2.24, 2.45) is 0 Å². The van der Waals surface area contributed by atoms with Crippen LogP contribution in [0.5, 0.6) is 0 Å². The molecular formula is C34H39N5O3. The standard InChI is InChI=1S/C34H39N5O3/c1-8-15-33(3,4)29-18-25(14-16-35-29)31(40)38-26-13-12-22(2)27(19-26)23-10-9-11-24(17-23)28-20-30(37-21-36-28)39-32(41)34(5,6)42-7/h9-14,16-21H,8,15H2,1-7H3,(H,38,40)(H,36,37,39,41). The fourth-order valence-corrected chi connectivity index (χ4v) is 4.70. The van der Waals surface area contributed by atoms with Gasteiger partial charge in [-0.25, -0.2) is 9.97 Å². The fourth-order valence-electron chi connectivity index (χ4n) is 4.70. The van der Waals surface area contributed by atoms with Crippen molar-refractivity contribution in [3.8, 4) is 22.4 Å². The number of nitrogens with one attached hydrogen (secondary N) is 2. The summed E-state index contributed by atoms with van der Waals surface area (Å²) in [6, 6.07) is 19.2. The lowest BCUT2D eigenvalue weighted by Gasteiger charge is -2.23. The van der Waals surface area contributed by atoms with Gasteiger partial charge >= 0.3 is 0 Å². The summed E-state index contributed by atoms with van der Waals surface area (Å²) < 4.78 is 5.26. The third-order valence-corrected chi connectivity index (χ3v) is 7.52. The molecule has 0 bridgehead atoms. The van der Waals surface area contributed by atoms with E-state index in [9.17, 15) is 9.59 Å². The molecule has 4 aromatic rings. The molecule has 0 spiro atoms. The molecule has 0 aliphatic carbocycles. The van der Waals surface area contributed by atoms with Crippen molar-refractivity contribution in [3.63, 3.8) is 0 Å². The van der Waals surface area contributed by atoms with Crippen LogP contribution in [0.3, 0.4) is 0 Å². The number of nitrogens with zero attached hydrogens (tertiary/aromatic N) is 3. The Morgan fingerprint density at radius 3 is 2.38 bits per heavy atom. The van der Waals surface area contributed by atoms with E-state index in [1.54, 1.807) is 32.2 Å². The van der Waals surface area contributed by atoms with Gasteiger partial charge in [0.25, 0.3) is 11.8 Å². The van der Waals surface area contributed by atoms with Crippen LogP contribution in [-0.4, -0.2) is 39.5 Å². The summed E-state index contributed by atoms with van der Waals surface area (Å²) in [4.78, 5) is 38.9. The van der Waals surface area contributed by atoms with Crippen molar-refractivity contribution in [1.82, 2.24) is 15.0 Å². The van der Waals surface area contributed by atoms with Gasteiger partial charge in [-0.05, 0) is 74.2 Å². The molecule has 2 heterocycles. The van der Waals surface area contributed by atoms with E-state index < -0.39 is 5.60 Å². The molecule has 0 saturated heterocycles. The lowest BCUT2D eigenvalue weighted by molar-refractivity contribution is -0.133. The molecule has 0 aliphatic heterocycles. The van der Waals surface area contributed by atoms with Crippen LogP contribution in [0.15, 0.2) is 73.2 Å². The van der Waals surface area contributed by atoms with Gasteiger partial charge in [-0.1, -0.05) is 51.5 Å². The zero-order chi connectivity index (χ0) is 30.5. The molecule has 2 aromatic heterocycles. The Hall–Kier alpha value is -4.43. The smallest absolute Gasteiger partial charge is 0.257 e. The maximum Gasteiger partial charge on any atom is 0.257 e. The number of carbonyl (C=O) groups is 2. The number of hydrogen-bond donors (Lipinski definition) is 2. The van der Waals surface area contributed by atoms with Crippen molar-refractivity contribution < 1.29 is 14.3 Å². The van der Waals surface area contributed by atoms with Crippen molar-refractivity contribution in [3.05, 3.63) is 90.0 Å². The molecule has 0 saturated carbocycles. The highest BCUT2D eigenvalue weighted by Crippen LogP contribution is 2.31. The number of rotatable bonds is 10. The number of ether oxygens (including phenoxy) is 1. The zero-order valence-corrected chi connectivity index (χ0v) is 25.4. The van der Waals surface area contributed by atoms with Crippen LogP contribution in [0.1, 0.15) is 69.1 Å². The van der Waals surface area contributed by atoms with E-state index in [2.05, 4.69) is 46.4 Å². The van der Waals surface area contributed by atoms with E-state index in [1.807, 2.05) is 55.5 Å². The van der Waals surface area contributed by atoms with E-state index in [0.717, 1.165) is 40.8 Å². The highest BCUT2D eigenvalue weighted by atomic mass is 16.5. The second-order valence-electron chi connectivity index (χ2n) is 11.6. The monoisotopic (exact) mass is 565 g/mol. The molecule has 218 valence electrons. The third-order valence-electron chi connectivity index (χ3n) is 7.52. The van der Waals surface area contributed by atoms with E-state index in [-0.39, 0.29) is 17.2 Å². The predicted octanol–water partition coefficient (Wildman–Crippen LogP) is 7.21. The summed E-state index contributed by atoms with van der Waals surface area (Å²) in [6.07, 6.45) is 5.16. The third kappa shape index (κ3) is 7.06. The molecule has 4 rings (SSSR count). The van der Waals surface area contributed by atoms with Gasteiger partial charge in [0.1, 0.15) is 17.7 Å². The number of amides is 2. The van der Waals surface area contributed by atoms with E-state index in [4.69, 9.17) is 4.74 Å². The molecule has 2 N–H and O–H groups in total. The first-order chi connectivity index (χ1) is 19.9. The quantitative estimate of drug-likeness (QED) is 0.210. The topological polar surface area (TPSA) is 106 Å². The van der Waals surface area contributed by atoms with Gasteiger partial charge in [-0.3, -0.25) is 14.6 Å². The summed E-state index contributed by atoms with van der Waals surface area (Å²) in [5.41, 5.74) is 5.64. The van der Waals surface area contributed by atoms with Gasteiger partial charge < -0.3 is 15.4 Å². The lowest BCUT2D eigenvalue weighted by Crippen LogP contribution is -2.39. The Labute approximate surface area is 248 Å². The molecular weight excluding hydrogens is 526 g/mol. The number of pyridine rings is 1. The van der Waals surface area contributed by atoms with Crippen LogP contribution in [0.2, 0.25) is 0 Å². The van der Waals surface area contributed by atoms with Gasteiger partial charge in [0, 0.05) is 47.3 Å². The van der Waals surface area contributed by atoms with Crippen LogP contribution in [-0.2, 0) is 14.9 Å². The second-order valence-corrected chi connectivity index (χ2v) is 11.6. The van der Waals surface area contributed by atoms with Crippen LogP contribution in [0.25, 0.3) is 22.4 Å². The molecule has 0 aliphatic rings. The van der Waals surface area contributed by atoms with E-state index in [1.165, 1.54) is 13.4 Å². The molecule has 0 unspecified atom stereocenters. The Morgan fingerprint density at radius 1 is 0.881 bits per heavy atom. The van der Waals surface area contributed by atoms with Crippen LogP contribution >= 0.6 is 0 Å². The Balaban J connectivity index is 1.57. The number of hydrogen-bond acceptors (Lipinski definition) is 6. The van der Waals surface area contributed by atoms with Gasteiger partial charge in [0.15, 0.2) is 0 Å². The Kier molecular flexibility index (Phi) is 9.17.